The molecule has 2 atom stereocenters. The quantitative estimate of drug-likeness (QED) is 0.916. The topological polar surface area (TPSA) is 80.5 Å². The third-order valence-corrected chi connectivity index (χ3v) is 4.27. The van der Waals surface area contributed by atoms with Gasteiger partial charge >= 0.3 is 0 Å². The number of nitrogens with one attached hydrogen (secondary N) is 1. The molecular formula is C18H24N4O3. The van der Waals surface area contributed by atoms with E-state index in [1.165, 1.54) is 0 Å². The van der Waals surface area contributed by atoms with Crippen molar-refractivity contribution >= 4 is 11.7 Å². The molecule has 1 aliphatic heterocycles. The minimum atomic E-state index is -0.184. The van der Waals surface area contributed by atoms with Crippen molar-refractivity contribution in [2.24, 2.45) is 0 Å². The number of pyridine rings is 1. The number of ether oxygens (including phenoxy) is 1. The van der Waals surface area contributed by atoms with Crippen molar-refractivity contribution in [1.82, 2.24) is 15.5 Å². The van der Waals surface area contributed by atoms with E-state index in [9.17, 15) is 4.79 Å². The summed E-state index contributed by atoms with van der Waals surface area (Å²) in [6, 6.07) is 3.98. The van der Waals surface area contributed by atoms with E-state index < -0.39 is 0 Å². The van der Waals surface area contributed by atoms with Gasteiger partial charge in [-0.3, -0.25) is 4.79 Å². The number of carbonyl (C=O) groups excluding carboxylic acids is 1. The average molecular weight is 344 g/mol. The molecule has 7 nitrogen and oxygen atoms in total. The third kappa shape index (κ3) is 3.99. The van der Waals surface area contributed by atoms with Gasteiger partial charge in [0.2, 0.25) is 0 Å². The number of nitrogens with zero attached hydrogens (tertiary/aromatic N) is 3. The molecule has 0 aromatic carbocycles. The van der Waals surface area contributed by atoms with E-state index in [4.69, 9.17) is 9.26 Å². The first-order valence-electron chi connectivity index (χ1n) is 8.50. The van der Waals surface area contributed by atoms with Crippen LogP contribution in [0.25, 0.3) is 0 Å². The summed E-state index contributed by atoms with van der Waals surface area (Å²) in [5.41, 5.74) is 2.04. The Morgan fingerprint density at radius 3 is 2.56 bits per heavy atom. The first-order chi connectivity index (χ1) is 11.9. The Kier molecular flexibility index (Phi) is 5.03. The van der Waals surface area contributed by atoms with Crippen LogP contribution < -0.4 is 10.2 Å². The van der Waals surface area contributed by atoms with E-state index in [1.54, 1.807) is 20.0 Å². The Labute approximate surface area is 147 Å². The van der Waals surface area contributed by atoms with Gasteiger partial charge in [-0.05, 0) is 39.3 Å². The fraction of sp³-hybridized carbons (Fsp3) is 0.500. The third-order valence-electron chi connectivity index (χ3n) is 4.27. The van der Waals surface area contributed by atoms with Crippen molar-refractivity contribution in [2.45, 2.75) is 46.4 Å². The number of carbonyl (C=O) groups is 1. The molecule has 1 amide bonds. The second-order valence-corrected chi connectivity index (χ2v) is 6.57. The zero-order chi connectivity index (χ0) is 18.0. The summed E-state index contributed by atoms with van der Waals surface area (Å²) in [7, 11) is 0. The maximum atomic E-state index is 12.3. The molecule has 0 radical (unpaired) electrons. The van der Waals surface area contributed by atoms with Gasteiger partial charge in [0.05, 0.1) is 17.9 Å². The van der Waals surface area contributed by atoms with Gasteiger partial charge in [-0.1, -0.05) is 11.2 Å². The molecule has 2 aromatic heterocycles. The minimum absolute atomic E-state index is 0.184. The van der Waals surface area contributed by atoms with Crippen molar-refractivity contribution < 1.29 is 14.1 Å². The van der Waals surface area contributed by atoms with Crippen LogP contribution in [0.4, 0.5) is 5.82 Å². The number of amides is 1. The van der Waals surface area contributed by atoms with Gasteiger partial charge in [-0.25, -0.2) is 4.98 Å². The van der Waals surface area contributed by atoms with Gasteiger partial charge in [0.1, 0.15) is 17.1 Å². The zero-order valence-corrected chi connectivity index (χ0v) is 15.1. The predicted octanol–water partition coefficient (Wildman–Crippen LogP) is 2.23. The van der Waals surface area contributed by atoms with Crippen LogP contribution in [0.5, 0.6) is 0 Å². The lowest BCUT2D eigenvalue weighted by Gasteiger charge is -2.36. The highest BCUT2D eigenvalue weighted by atomic mass is 16.5. The molecule has 0 bridgehead atoms. The van der Waals surface area contributed by atoms with E-state index in [2.05, 4.69) is 34.2 Å². The number of aromatic nitrogens is 2. The lowest BCUT2D eigenvalue weighted by atomic mass is 10.2. The maximum absolute atomic E-state index is 12.3. The van der Waals surface area contributed by atoms with Crippen molar-refractivity contribution in [2.75, 3.05) is 18.0 Å². The smallest absolute Gasteiger partial charge is 0.257 e. The summed E-state index contributed by atoms with van der Waals surface area (Å²) in [4.78, 5) is 19.0. The Morgan fingerprint density at radius 2 is 2.00 bits per heavy atom. The molecule has 1 N–H and O–H groups in total. The normalized spacial score (nSPS) is 20.6. The van der Waals surface area contributed by atoms with Crippen LogP contribution in [0.3, 0.4) is 0 Å². The molecule has 1 saturated heterocycles. The molecule has 2 unspecified atom stereocenters. The van der Waals surface area contributed by atoms with Crippen molar-refractivity contribution in [1.29, 1.82) is 0 Å². The summed E-state index contributed by atoms with van der Waals surface area (Å²) in [6.45, 7) is 9.70. The molecule has 0 saturated carbocycles. The molecule has 0 aliphatic carbocycles. The van der Waals surface area contributed by atoms with Crippen LogP contribution in [0, 0.1) is 13.8 Å². The predicted molar refractivity (Wildman–Crippen MR) is 93.6 cm³/mol. The van der Waals surface area contributed by atoms with Crippen LogP contribution in [0.1, 0.15) is 41.2 Å². The Hall–Kier alpha value is -2.41. The molecule has 0 spiro atoms. The number of anilines is 1. The fourth-order valence-corrected chi connectivity index (χ4v) is 3.15. The van der Waals surface area contributed by atoms with Crippen molar-refractivity contribution in [3.63, 3.8) is 0 Å². The van der Waals surface area contributed by atoms with E-state index in [1.807, 2.05) is 12.1 Å². The van der Waals surface area contributed by atoms with E-state index in [-0.39, 0.29) is 18.1 Å². The lowest BCUT2D eigenvalue weighted by Crippen LogP contribution is -2.45. The standard InChI is InChI=1S/C18H24N4O3/c1-11-9-22(10-12(2)24-11)16-6-5-15(7-19-16)8-20-18(23)17-13(3)21-25-14(17)4/h5-7,11-12H,8-10H2,1-4H3,(H,20,23). The first-order valence-corrected chi connectivity index (χ1v) is 8.50. The molecule has 134 valence electrons. The van der Waals surface area contributed by atoms with Crippen molar-refractivity contribution in [3.8, 4) is 0 Å². The zero-order valence-electron chi connectivity index (χ0n) is 15.1. The average Bonchev–Trinajstić information content (AvgIpc) is 2.91. The number of hydrogen-bond acceptors (Lipinski definition) is 6. The Bertz CT molecular complexity index is 712. The molecule has 1 fully saturated rings. The molecular weight excluding hydrogens is 320 g/mol. The molecule has 25 heavy (non-hydrogen) atoms. The SMILES string of the molecule is Cc1noc(C)c1C(=O)NCc1ccc(N2CC(C)OC(C)C2)nc1. The molecule has 3 rings (SSSR count). The van der Waals surface area contributed by atoms with E-state index in [0.29, 0.717) is 23.6 Å². The highest BCUT2D eigenvalue weighted by Crippen LogP contribution is 2.18. The molecule has 3 heterocycles. The second kappa shape index (κ2) is 7.23. The minimum Gasteiger partial charge on any atom is -0.372 e. The van der Waals surface area contributed by atoms with Gasteiger partial charge in [0.25, 0.3) is 5.91 Å². The van der Waals surface area contributed by atoms with Crippen molar-refractivity contribution in [3.05, 3.63) is 40.9 Å². The van der Waals surface area contributed by atoms with E-state index in [0.717, 1.165) is 24.5 Å². The van der Waals surface area contributed by atoms with Gasteiger partial charge in [0, 0.05) is 25.8 Å². The van der Waals surface area contributed by atoms with Crippen LogP contribution in [0.15, 0.2) is 22.9 Å². The summed E-state index contributed by atoms with van der Waals surface area (Å²) >= 11 is 0. The second-order valence-electron chi connectivity index (χ2n) is 6.57. The molecule has 2 aromatic rings. The Balaban J connectivity index is 1.60. The van der Waals surface area contributed by atoms with Gasteiger partial charge in [0.15, 0.2) is 0 Å². The molecule has 1 aliphatic rings. The highest BCUT2D eigenvalue weighted by Gasteiger charge is 2.23. The lowest BCUT2D eigenvalue weighted by molar-refractivity contribution is -0.00546. The van der Waals surface area contributed by atoms with Crippen LogP contribution in [0.2, 0.25) is 0 Å². The summed E-state index contributed by atoms with van der Waals surface area (Å²) in [5, 5.41) is 6.69. The summed E-state index contributed by atoms with van der Waals surface area (Å²) in [6.07, 6.45) is 2.19. The van der Waals surface area contributed by atoms with Gasteiger partial charge < -0.3 is 19.5 Å². The van der Waals surface area contributed by atoms with E-state index >= 15 is 0 Å². The van der Waals surface area contributed by atoms with Gasteiger partial charge in [-0.15, -0.1) is 0 Å². The van der Waals surface area contributed by atoms with Crippen LogP contribution in [-0.4, -0.2) is 41.3 Å². The Morgan fingerprint density at radius 1 is 1.28 bits per heavy atom. The highest BCUT2D eigenvalue weighted by molar-refractivity contribution is 5.96. The van der Waals surface area contributed by atoms with Crippen LogP contribution >= 0.6 is 0 Å². The largest absolute Gasteiger partial charge is 0.372 e. The number of hydrogen-bond donors (Lipinski definition) is 1. The molecule has 7 heteroatoms. The van der Waals surface area contributed by atoms with Gasteiger partial charge in [-0.2, -0.15) is 0 Å². The number of aryl methyl sites for hydroxylation is 2. The number of rotatable bonds is 4. The number of morpholine rings is 1. The monoisotopic (exact) mass is 344 g/mol. The summed E-state index contributed by atoms with van der Waals surface area (Å²) < 4.78 is 10.8. The van der Waals surface area contributed by atoms with Crippen LogP contribution in [-0.2, 0) is 11.3 Å². The first kappa shape index (κ1) is 17.4. The fourth-order valence-electron chi connectivity index (χ4n) is 3.15. The summed E-state index contributed by atoms with van der Waals surface area (Å²) in [5.74, 6) is 1.28. The maximum Gasteiger partial charge on any atom is 0.257 e.